The molecule has 0 aromatic rings. The molecule has 0 atom stereocenters. The topological polar surface area (TPSA) is 107 Å². The van der Waals surface area contributed by atoms with Crippen LogP contribution in [0.3, 0.4) is 0 Å². The second-order valence-corrected chi connectivity index (χ2v) is 20.3. The molecule has 0 aromatic heterocycles. The molecule has 10 nitrogen and oxygen atoms in total. The van der Waals surface area contributed by atoms with Crippen LogP contribution in [0.15, 0.2) is 0 Å². The molecule has 0 spiro atoms. The van der Waals surface area contributed by atoms with Crippen molar-refractivity contribution in [2.24, 2.45) is 0 Å². The summed E-state index contributed by atoms with van der Waals surface area (Å²) in [6.07, 6.45) is 39.9. The fourth-order valence-electron chi connectivity index (χ4n) is 8.72. The van der Waals surface area contributed by atoms with Crippen molar-refractivity contribution in [2.75, 3.05) is 39.9 Å². The lowest BCUT2D eigenvalue weighted by Gasteiger charge is -2.34. The maximum Gasteiger partial charge on any atom is 0.411 e. The summed E-state index contributed by atoms with van der Waals surface area (Å²) in [6.45, 7) is 16.6. The lowest BCUT2D eigenvalue weighted by Crippen LogP contribution is -2.53. The number of ether oxygens (including phenoxy) is 3. The van der Waals surface area contributed by atoms with Gasteiger partial charge in [-0.15, -0.1) is 0 Å². The summed E-state index contributed by atoms with van der Waals surface area (Å²) < 4.78 is 17.4. The third kappa shape index (κ3) is 34.4. The Hall–Kier alpha value is -1.91. The Morgan fingerprint density at radius 3 is 1.42 bits per heavy atom. The molecule has 10 heteroatoms. The van der Waals surface area contributed by atoms with Gasteiger partial charge in [-0.2, -0.15) is 5.48 Å². The monoisotopic (exact) mass is 908 g/mol. The molecule has 0 radical (unpaired) electrons. The van der Waals surface area contributed by atoms with Gasteiger partial charge in [-0.05, 0) is 117 Å². The number of esters is 2. The molecule has 64 heavy (non-hydrogen) atoms. The first-order valence-electron chi connectivity index (χ1n) is 27.4. The highest BCUT2D eigenvalue weighted by molar-refractivity contribution is 5.70. The van der Waals surface area contributed by atoms with E-state index in [9.17, 15) is 14.4 Å². The lowest BCUT2D eigenvalue weighted by atomic mass is 10.0. The number of rotatable bonds is 46. The first-order chi connectivity index (χ1) is 31.0. The minimum atomic E-state index is -0.568. The van der Waals surface area contributed by atoms with Gasteiger partial charge in [-0.3, -0.25) is 14.5 Å². The highest BCUT2D eigenvalue weighted by Gasteiger charge is 2.51. The minimum Gasteiger partial charge on any atom is -0.466 e. The van der Waals surface area contributed by atoms with E-state index in [1.807, 2.05) is 25.7 Å². The largest absolute Gasteiger partial charge is 0.466 e. The van der Waals surface area contributed by atoms with Crippen molar-refractivity contribution in [3.8, 4) is 0 Å². The molecular formula is C54H105N3O7. The van der Waals surface area contributed by atoms with Crippen LogP contribution >= 0.6 is 0 Å². The summed E-state index contributed by atoms with van der Waals surface area (Å²) >= 11 is 0. The Morgan fingerprint density at radius 1 is 0.531 bits per heavy atom. The first-order valence-corrected chi connectivity index (χ1v) is 27.4. The SMILES string of the molecule is CCCCCCCCCOC(=O)CCCCCCCN(CCCCCCCC(=O)OC(CCCCCCCC)CCCCCCCC)CCCN(C(=O)OC(C)(C)C)C1(NOC)CC1. The summed E-state index contributed by atoms with van der Waals surface area (Å²) in [5, 5.41) is 0. The maximum atomic E-state index is 13.3. The fourth-order valence-corrected chi connectivity index (χ4v) is 8.72. The van der Waals surface area contributed by atoms with Crippen molar-refractivity contribution in [3.05, 3.63) is 0 Å². The molecule has 0 heterocycles. The van der Waals surface area contributed by atoms with E-state index in [4.69, 9.17) is 19.0 Å². The van der Waals surface area contributed by atoms with Gasteiger partial charge in [0.1, 0.15) is 17.4 Å². The van der Waals surface area contributed by atoms with Gasteiger partial charge in [0.25, 0.3) is 0 Å². The van der Waals surface area contributed by atoms with Crippen molar-refractivity contribution in [3.63, 3.8) is 0 Å². The van der Waals surface area contributed by atoms with Crippen molar-refractivity contribution in [2.45, 2.75) is 290 Å². The summed E-state index contributed by atoms with van der Waals surface area (Å²) in [5.74, 6) is -0.0431. The molecule has 378 valence electrons. The molecule has 0 aromatic carbocycles. The minimum absolute atomic E-state index is 0.000906. The summed E-state index contributed by atoms with van der Waals surface area (Å²) in [6, 6.07) is 0. The Morgan fingerprint density at radius 2 is 0.953 bits per heavy atom. The highest BCUT2D eigenvalue weighted by atomic mass is 16.6. The van der Waals surface area contributed by atoms with E-state index in [1.165, 1.54) is 109 Å². The van der Waals surface area contributed by atoms with E-state index in [2.05, 4.69) is 31.2 Å². The molecule has 0 aliphatic heterocycles. The zero-order valence-electron chi connectivity index (χ0n) is 43.3. The molecule has 1 amide bonds. The number of carbonyl (C=O) groups is 3. The van der Waals surface area contributed by atoms with Crippen LogP contribution in [-0.2, 0) is 28.6 Å². The second kappa shape index (κ2) is 40.2. The Labute approximate surface area is 395 Å². The van der Waals surface area contributed by atoms with E-state index in [-0.39, 0.29) is 24.1 Å². The van der Waals surface area contributed by atoms with Gasteiger partial charge in [0.2, 0.25) is 0 Å². The maximum absolute atomic E-state index is 13.3. The Balaban J connectivity index is 2.54. The Bertz CT molecular complexity index is 1090. The quantitative estimate of drug-likeness (QED) is 0.0210. The van der Waals surface area contributed by atoms with Crippen LogP contribution in [0.2, 0.25) is 0 Å². The number of hydrogen-bond acceptors (Lipinski definition) is 9. The summed E-state index contributed by atoms with van der Waals surface area (Å²) in [4.78, 5) is 48.3. The third-order valence-electron chi connectivity index (χ3n) is 12.8. The number of nitrogens with zero attached hydrogens (tertiary/aromatic N) is 2. The average molecular weight is 908 g/mol. The predicted molar refractivity (Wildman–Crippen MR) is 266 cm³/mol. The number of hydroxylamine groups is 1. The Kier molecular flexibility index (Phi) is 37.7. The average Bonchev–Trinajstić information content (AvgIpc) is 4.03. The summed E-state index contributed by atoms with van der Waals surface area (Å²) in [7, 11) is 1.61. The number of hydrogen-bond donors (Lipinski definition) is 1. The summed E-state index contributed by atoms with van der Waals surface area (Å²) in [5.41, 5.74) is 2.03. The van der Waals surface area contributed by atoms with E-state index in [0.717, 1.165) is 129 Å². The van der Waals surface area contributed by atoms with Crippen molar-refractivity contribution >= 4 is 18.0 Å². The zero-order valence-corrected chi connectivity index (χ0v) is 43.3. The molecule has 1 aliphatic rings. The number of carbonyl (C=O) groups excluding carboxylic acids is 3. The van der Waals surface area contributed by atoms with E-state index >= 15 is 0 Å². The van der Waals surface area contributed by atoms with Crippen LogP contribution in [0.4, 0.5) is 4.79 Å². The van der Waals surface area contributed by atoms with Gasteiger partial charge in [-0.1, -0.05) is 162 Å². The van der Waals surface area contributed by atoms with Gasteiger partial charge in [0.15, 0.2) is 0 Å². The van der Waals surface area contributed by atoms with Gasteiger partial charge < -0.3 is 23.9 Å². The van der Waals surface area contributed by atoms with Gasteiger partial charge >= 0.3 is 18.0 Å². The van der Waals surface area contributed by atoms with Crippen LogP contribution in [0, 0.1) is 0 Å². The first kappa shape index (κ1) is 60.1. The normalized spacial score (nSPS) is 13.5. The van der Waals surface area contributed by atoms with Gasteiger partial charge in [0, 0.05) is 19.4 Å². The van der Waals surface area contributed by atoms with Crippen LogP contribution in [-0.4, -0.2) is 85.1 Å². The number of amides is 1. The van der Waals surface area contributed by atoms with Crippen molar-refractivity contribution < 1.29 is 33.4 Å². The fraction of sp³-hybridized carbons (Fsp3) is 0.944. The van der Waals surface area contributed by atoms with Crippen LogP contribution < -0.4 is 5.48 Å². The number of nitrogens with one attached hydrogen (secondary N) is 1. The van der Waals surface area contributed by atoms with Gasteiger partial charge in [-0.25, -0.2) is 4.79 Å². The van der Waals surface area contributed by atoms with E-state index < -0.39 is 11.3 Å². The highest BCUT2D eigenvalue weighted by Crippen LogP contribution is 2.40. The molecule has 1 N–H and O–H groups in total. The molecule has 1 fully saturated rings. The van der Waals surface area contributed by atoms with Crippen LogP contribution in [0.25, 0.3) is 0 Å². The zero-order chi connectivity index (χ0) is 47.0. The molecule has 1 aliphatic carbocycles. The third-order valence-corrected chi connectivity index (χ3v) is 12.8. The molecule has 1 saturated carbocycles. The molecule has 1 rings (SSSR count). The molecule has 0 unspecified atom stereocenters. The van der Waals surface area contributed by atoms with Crippen LogP contribution in [0.1, 0.15) is 273 Å². The van der Waals surface area contributed by atoms with E-state index in [1.54, 1.807) is 7.11 Å². The molecular weight excluding hydrogens is 803 g/mol. The standard InChI is InChI=1S/C54H105N3O7/c1-8-11-14-17-20-29-36-48-62-50(58)40-32-25-21-27-34-44-56(46-37-47-57(52(60)64-53(4,5)6)54(42-43-54)55-61-7)45-35-28-22-26-33-41-51(59)63-49(38-30-23-18-15-12-9-2)39-31-24-19-16-13-10-3/h49,55H,8-48H2,1-7H3. The van der Waals surface area contributed by atoms with Crippen molar-refractivity contribution in [1.82, 2.24) is 15.3 Å². The van der Waals surface area contributed by atoms with Crippen molar-refractivity contribution in [1.29, 1.82) is 0 Å². The smallest absolute Gasteiger partial charge is 0.411 e. The number of unbranched alkanes of at least 4 members (excludes halogenated alkanes) is 24. The molecule has 0 saturated heterocycles. The van der Waals surface area contributed by atoms with Crippen LogP contribution in [0.5, 0.6) is 0 Å². The molecule has 0 bridgehead atoms. The van der Waals surface area contributed by atoms with E-state index in [0.29, 0.717) is 26.0 Å². The van der Waals surface area contributed by atoms with Gasteiger partial charge in [0.05, 0.1) is 13.7 Å². The predicted octanol–water partition coefficient (Wildman–Crippen LogP) is 14.9. The second-order valence-electron chi connectivity index (χ2n) is 20.3. The lowest BCUT2D eigenvalue weighted by molar-refractivity contribution is -0.150.